The van der Waals surface area contributed by atoms with Crippen LogP contribution in [-0.2, 0) is 4.74 Å². The fourth-order valence-electron chi connectivity index (χ4n) is 2.92. The van der Waals surface area contributed by atoms with E-state index in [1.54, 1.807) is 7.11 Å². The molecule has 21 heavy (non-hydrogen) atoms. The summed E-state index contributed by atoms with van der Waals surface area (Å²) in [7, 11) is 1.69. The van der Waals surface area contributed by atoms with Crippen LogP contribution in [0.3, 0.4) is 0 Å². The lowest BCUT2D eigenvalue weighted by Gasteiger charge is -2.46. The molecule has 0 N–H and O–H groups in total. The van der Waals surface area contributed by atoms with Gasteiger partial charge in [0.05, 0.1) is 20.3 Å². The molecule has 4 heteroatoms. The number of benzene rings is 1. The van der Waals surface area contributed by atoms with Crippen molar-refractivity contribution in [2.24, 2.45) is 0 Å². The maximum Gasteiger partial charge on any atom is 0.118 e. The standard InChI is InChI=1S/C17H24N2O2/c1-20-17-6-4-15(5-7-17)3-2-8-18-13-16(14-18)19-9-11-21-12-10-19/h2-7,16H,8-14H2,1H3. The van der Waals surface area contributed by atoms with Crippen molar-refractivity contribution in [3.8, 4) is 5.75 Å². The first-order valence-corrected chi connectivity index (χ1v) is 7.70. The van der Waals surface area contributed by atoms with Crippen LogP contribution < -0.4 is 4.74 Å². The van der Waals surface area contributed by atoms with Gasteiger partial charge in [-0.15, -0.1) is 0 Å². The molecular weight excluding hydrogens is 264 g/mol. The molecule has 0 spiro atoms. The van der Waals surface area contributed by atoms with Gasteiger partial charge in [0.25, 0.3) is 0 Å². The Morgan fingerprint density at radius 1 is 1.19 bits per heavy atom. The predicted molar refractivity (Wildman–Crippen MR) is 84.6 cm³/mol. The zero-order valence-electron chi connectivity index (χ0n) is 12.7. The summed E-state index contributed by atoms with van der Waals surface area (Å²) in [6.45, 7) is 7.40. The van der Waals surface area contributed by atoms with Crippen molar-refractivity contribution in [3.05, 3.63) is 35.9 Å². The summed E-state index contributed by atoms with van der Waals surface area (Å²) in [6, 6.07) is 8.91. The number of methoxy groups -OCH3 is 1. The molecule has 0 aromatic heterocycles. The van der Waals surface area contributed by atoms with E-state index in [2.05, 4.69) is 34.1 Å². The minimum Gasteiger partial charge on any atom is -0.497 e. The smallest absolute Gasteiger partial charge is 0.118 e. The summed E-state index contributed by atoms with van der Waals surface area (Å²) in [5, 5.41) is 0. The molecule has 2 aliphatic rings. The normalized spacial score (nSPS) is 21.6. The molecule has 0 unspecified atom stereocenters. The first kappa shape index (κ1) is 14.6. The van der Waals surface area contributed by atoms with Crippen LogP contribution in [0.2, 0.25) is 0 Å². The average molecular weight is 288 g/mol. The highest BCUT2D eigenvalue weighted by molar-refractivity contribution is 5.50. The second kappa shape index (κ2) is 7.07. The van der Waals surface area contributed by atoms with Crippen molar-refractivity contribution >= 4 is 6.08 Å². The second-order valence-corrected chi connectivity index (χ2v) is 5.70. The maximum atomic E-state index is 5.40. The van der Waals surface area contributed by atoms with Gasteiger partial charge in [0, 0.05) is 38.8 Å². The van der Waals surface area contributed by atoms with Crippen LogP contribution in [0, 0.1) is 0 Å². The van der Waals surface area contributed by atoms with Crippen LogP contribution in [0.25, 0.3) is 6.08 Å². The third-order valence-electron chi connectivity index (χ3n) is 4.29. The van der Waals surface area contributed by atoms with Crippen LogP contribution in [0.4, 0.5) is 0 Å². The Hall–Kier alpha value is -1.36. The average Bonchev–Trinajstić information content (AvgIpc) is 2.51. The van der Waals surface area contributed by atoms with Gasteiger partial charge in [0.2, 0.25) is 0 Å². The molecule has 3 rings (SSSR count). The second-order valence-electron chi connectivity index (χ2n) is 5.70. The molecule has 0 atom stereocenters. The van der Waals surface area contributed by atoms with Gasteiger partial charge in [-0.1, -0.05) is 24.3 Å². The molecule has 2 fully saturated rings. The van der Waals surface area contributed by atoms with Crippen LogP contribution in [0.5, 0.6) is 5.75 Å². The highest BCUT2D eigenvalue weighted by atomic mass is 16.5. The van der Waals surface area contributed by atoms with E-state index < -0.39 is 0 Å². The quantitative estimate of drug-likeness (QED) is 0.824. The summed E-state index contributed by atoms with van der Waals surface area (Å²) in [4.78, 5) is 5.05. The Balaban J connectivity index is 1.39. The van der Waals surface area contributed by atoms with E-state index in [1.807, 2.05) is 12.1 Å². The lowest BCUT2D eigenvalue weighted by atomic mass is 10.1. The molecule has 4 nitrogen and oxygen atoms in total. The van der Waals surface area contributed by atoms with Gasteiger partial charge >= 0.3 is 0 Å². The van der Waals surface area contributed by atoms with E-state index in [9.17, 15) is 0 Å². The van der Waals surface area contributed by atoms with Crippen molar-refractivity contribution in [2.45, 2.75) is 6.04 Å². The topological polar surface area (TPSA) is 24.9 Å². The van der Waals surface area contributed by atoms with Crippen molar-refractivity contribution < 1.29 is 9.47 Å². The van der Waals surface area contributed by atoms with Gasteiger partial charge in [-0.05, 0) is 17.7 Å². The van der Waals surface area contributed by atoms with Crippen LogP contribution >= 0.6 is 0 Å². The van der Waals surface area contributed by atoms with Gasteiger partial charge in [-0.25, -0.2) is 0 Å². The molecule has 0 aliphatic carbocycles. The van der Waals surface area contributed by atoms with Gasteiger partial charge in [0.15, 0.2) is 0 Å². The Labute approximate surface area is 126 Å². The number of likely N-dealkylation sites (tertiary alicyclic amines) is 1. The zero-order chi connectivity index (χ0) is 14.5. The van der Waals surface area contributed by atoms with Crippen molar-refractivity contribution in [3.63, 3.8) is 0 Å². The summed E-state index contributed by atoms with van der Waals surface area (Å²) < 4.78 is 10.6. The third kappa shape index (κ3) is 3.84. The molecule has 0 bridgehead atoms. The van der Waals surface area contributed by atoms with Gasteiger partial charge in [0.1, 0.15) is 5.75 Å². The molecule has 2 heterocycles. The van der Waals surface area contributed by atoms with Crippen molar-refractivity contribution in [1.29, 1.82) is 0 Å². The van der Waals surface area contributed by atoms with Gasteiger partial charge < -0.3 is 9.47 Å². The summed E-state index contributed by atoms with van der Waals surface area (Å²) in [5.41, 5.74) is 1.22. The summed E-state index contributed by atoms with van der Waals surface area (Å²) in [5.74, 6) is 0.906. The number of nitrogens with zero attached hydrogens (tertiary/aromatic N) is 2. The lowest BCUT2D eigenvalue weighted by Crippen LogP contribution is -2.61. The summed E-state index contributed by atoms with van der Waals surface area (Å²) >= 11 is 0. The fraction of sp³-hybridized carbons (Fsp3) is 0.529. The third-order valence-corrected chi connectivity index (χ3v) is 4.29. The molecule has 2 aliphatic heterocycles. The first-order chi connectivity index (χ1) is 10.3. The number of hydrogen-bond acceptors (Lipinski definition) is 4. The van der Waals surface area contributed by atoms with E-state index in [4.69, 9.17) is 9.47 Å². The molecular formula is C17H24N2O2. The molecule has 0 radical (unpaired) electrons. The molecule has 0 saturated carbocycles. The van der Waals surface area contributed by atoms with E-state index in [0.29, 0.717) is 0 Å². The Morgan fingerprint density at radius 2 is 1.90 bits per heavy atom. The molecule has 1 aromatic carbocycles. The first-order valence-electron chi connectivity index (χ1n) is 7.70. The van der Waals surface area contributed by atoms with Gasteiger partial charge in [-0.3, -0.25) is 9.80 Å². The number of ether oxygens (including phenoxy) is 2. The van der Waals surface area contributed by atoms with Crippen molar-refractivity contribution in [2.75, 3.05) is 53.0 Å². The SMILES string of the molecule is COc1ccc(C=CCN2CC(N3CCOCC3)C2)cc1. The minimum atomic E-state index is 0.739. The highest BCUT2D eigenvalue weighted by Crippen LogP contribution is 2.17. The minimum absolute atomic E-state index is 0.739. The largest absolute Gasteiger partial charge is 0.497 e. The number of morpholine rings is 1. The van der Waals surface area contributed by atoms with Crippen molar-refractivity contribution in [1.82, 2.24) is 9.80 Å². The Bertz CT molecular complexity index is 460. The summed E-state index contributed by atoms with van der Waals surface area (Å²) in [6.07, 6.45) is 4.43. The van der Waals surface area contributed by atoms with Crippen LogP contribution in [0.1, 0.15) is 5.56 Å². The molecule has 1 aromatic rings. The predicted octanol–water partition coefficient (Wildman–Crippen LogP) is 1.72. The molecule has 114 valence electrons. The van der Waals surface area contributed by atoms with Crippen LogP contribution in [0.15, 0.2) is 30.3 Å². The van der Waals surface area contributed by atoms with Crippen LogP contribution in [-0.4, -0.2) is 68.9 Å². The fourth-order valence-corrected chi connectivity index (χ4v) is 2.92. The number of rotatable bonds is 5. The van der Waals surface area contributed by atoms with Gasteiger partial charge in [-0.2, -0.15) is 0 Å². The Kier molecular flexibility index (Phi) is 4.91. The zero-order valence-corrected chi connectivity index (χ0v) is 12.7. The van der Waals surface area contributed by atoms with E-state index >= 15 is 0 Å². The highest BCUT2D eigenvalue weighted by Gasteiger charge is 2.31. The molecule has 2 saturated heterocycles. The lowest BCUT2D eigenvalue weighted by molar-refractivity contribution is -0.0286. The van der Waals surface area contributed by atoms with E-state index in [1.165, 1.54) is 18.7 Å². The number of hydrogen-bond donors (Lipinski definition) is 0. The van der Waals surface area contributed by atoms with E-state index in [-0.39, 0.29) is 0 Å². The maximum absolute atomic E-state index is 5.40. The molecule has 0 amide bonds. The van der Waals surface area contributed by atoms with E-state index in [0.717, 1.165) is 44.6 Å². The Morgan fingerprint density at radius 3 is 2.57 bits per heavy atom. The monoisotopic (exact) mass is 288 g/mol.